The summed E-state index contributed by atoms with van der Waals surface area (Å²) < 4.78 is 27.3. The number of aromatic nitrogens is 2. The molecule has 1 aromatic heterocycles. The van der Waals surface area contributed by atoms with Crippen molar-refractivity contribution in [3.8, 4) is 11.4 Å². The first-order chi connectivity index (χ1) is 9.56. The van der Waals surface area contributed by atoms with Crippen molar-refractivity contribution in [1.29, 1.82) is 0 Å². The van der Waals surface area contributed by atoms with E-state index in [1.807, 2.05) is 0 Å². The Morgan fingerprint density at radius 2 is 1.85 bits per heavy atom. The quantitative estimate of drug-likeness (QED) is 0.615. The van der Waals surface area contributed by atoms with Gasteiger partial charge >= 0.3 is 0 Å². The van der Waals surface area contributed by atoms with Crippen LogP contribution in [-0.4, -0.2) is 9.97 Å². The highest BCUT2D eigenvalue weighted by atomic mass is 35.5. The molecule has 3 aromatic rings. The highest BCUT2D eigenvalue weighted by Gasteiger charge is 2.13. The van der Waals surface area contributed by atoms with E-state index in [-0.39, 0.29) is 22.4 Å². The second-order valence-electron chi connectivity index (χ2n) is 4.44. The van der Waals surface area contributed by atoms with Crippen molar-refractivity contribution in [3.05, 3.63) is 58.7 Å². The van der Waals surface area contributed by atoms with Crippen molar-refractivity contribution in [2.24, 2.45) is 0 Å². The first-order valence-corrected chi connectivity index (χ1v) is 6.32. The minimum absolute atomic E-state index is 0.102. The zero-order valence-electron chi connectivity index (χ0n) is 10.5. The highest BCUT2D eigenvalue weighted by Crippen LogP contribution is 2.27. The van der Waals surface area contributed by atoms with Gasteiger partial charge in [0.15, 0.2) is 5.82 Å². The fourth-order valence-corrected chi connectivity index (χ4v) is 2.24. The van der Waals surface area contributed by atoms with Gasteiger partial charge in [-0.1, -0.05) is 23.7 Å². The van der Waals surface area contributed by atoms with Crippen LogP contribution in [0.2, 0.25) is 5.15 Å². The van der Waals surface area contributed by atoms with E-state index in [4.69, 9.17) is 11.6 Å². The number of nitrogens with zero attached hydrogens (tertiary/aromatic N) is 2. The van der Waals surface area contributed by atoms with Gasteiger partial charge in [-0.25, -0.2) is 18.7 Å². The fraction of sp³-hybridized carbons (Fsp3) is 0.0667. The normalized spacial score (nSPS) is 11.0. The maximum atomic E-state index is 14.1. The monoisotopic (exact) mass is 290 g/mol. The maximum absolute atomic E-state index is 14.1. The Labute approximate surface area is 119 Å². The Morgan fingerprint density at radius 3 is 2.65 bits per heavy atom. The second kappa shape index (κ2) is 4.80. The summed E-state index contributed by atoms with van der Waals surface area (Å²) in [6, 6.07) is 9.01. The molecule has 0 atom stereocenters. The molecule has 0 aliphatic carbocycles. The molecule has 0 bridgehead atoms. The number of fused-ring (bicyclic) bond motifs is 1. The molecule has 0 fully saturated rings. The van der Waals surface area contributed by atoms with E-state index in [0.717, 1.165) is 0 Å². The van der Waals surface area contributed by atoms with E-state index in [2.05, 4.69) is 9.97 Å². The molecule has 5 heteroatoms. The van der Waals surface area contributed by atoms with E-state index in [9.17, 15) is 8.78 Å². The zero-order chi connectivity index (χ0) is 14.3. The van der Waals surface area contributed by atoms with Gasteiger partial charge in [-0.2, -0.15) is 0 Å². The van der Waals surface area contributed by atoms with Gasteiger partial charge in [0, 0.05) is 5.39 Å². The van der Waals surface area contributed by atoms with Crippen LogP contribution in [0.15, 0.2) is 36.4 Å². The molecule has 0 radical (unpaired) electrons. The van der Waals surface area contributed by atoms with Gasteiger partial charge < -0.3 is 0 Å². The van der Waals surface area contributed by atoms with E-state index in [1.165, 1.54) is 18.2 Å². The van der Waals surface area contributed by atoms with Gasteiger partial charge in [-0.05, 0) is 36.8 Å². The van der Waals surface area contributed by atoms with Crippen LogP contribution in [0.3, 0.4) is 0 Å². The third-order valence-electron chi connectivity index (χ3n) is 3.04. The van der Waals surface area contributed by atoms with E-state index in [1.54, 1.807) is 25.1 Å². The molecule has 3 rings (SSSR count). The number of hydrogen-bond donors (Lipinski definition) is 0. The van der Waals surface area contributed by atoms with Gasteiger partial charge in [0.25, 0.3) is 0 Å². The average molecular weight is 291 g/mol. The van der Waals surface area contributed by atoms with Crippen LogP contribution in [0.25, 0.3) is 22.3 Å². The average Bonchev–Trinajstić information content (AvgIpc) is 2.42. The lowest BCUT2D eigenvalue weighted by Crippen LogP contribution is -1.96. The van der Waals surface area contributed by atoms with Crippen LogP contribution in [0, 0.1) is 18.6 Å². The molecule has 20 heavy (non-hydrogen) atoms. The van der Waals surface area contributed by atoms with Crippen molar-refractivity contribution in [2.75, 3.05) is 0 Å². The van der Waals surface area contributed by atoms with Crippen LogP contribution < -0.4 is 0 Å². The largest absolute Gasteiger partial charge is 0.228 e. The van der Waals surface area contributed by atoms with Crippen LogP contribution in [0.5, 0.6) is 0 Å². The number of hydrogen-bond acceptors (Lipinski definition) is 2. The smallest absolute Gasteiger partial charge is 0.164 e. The van der Waals surface area contributed by atoms with Gasteiger partial charge in [0.2, 0.25) is 0 Å². The predicted octanol–water partition coefficient (Wildman–Crippen LogP) is 4.54. The number of halogens is 3. The number of aryl methyl sites for hydroxylation is 1. The van der Waals surface area contributed by atoms with Crippen LogP contribution in [0.1, 0.15) is 5.56 Å². The molecule has 0 saturated heterocycles. The summed E-state index contributed by atoms with van der Waals surface area (Å²) in [5.41, 5.74) is 1.25. The molecule has 0 spiro atoms. The van der Waals surface area contributed by atoms with Crippen molar-refractivity contribution >= 4 is 22.5 Å². The predicted molar refractivity (Wildman–Crippen MR) is 74.6 cm³/mol. The van der Waals surface area contributed by atoms with Gasteiger partial charge in [-0.15, -0.1) is 0 Å². The van der Waals surface area contributed by atoms with Gasteiger partial charge in [0.05, 0.1) is 11.1 Å². The zero-order valence-corrected chi connectivity index (χ0v) is 11.2. The molecule has 1 heterocycles. The van der Waals surface area contributed by atoms with Crippen molar-refractivity contribution < 1.29 is 8.78 Å². The van der Waals surface area contributed by atoms with Crippen molar-refractivity contribution in [3.63, 3.8) is 0 Å². The summed E-state index contributed by atoms with van der Waals surface area (Å²) in [5.74, 6) is -0.613. The third-order valence-corrected chi connectivity index (χ3v) is 3.33. The Balaban J connectivity index is 2.28. The highest BCUT2D eigenvalue weighted by molar-refractivity contribution is 6.34. The van der Waals surface area contributed by atoms with Crippen molar-refractivity contribution in [1.82, 2.24) is 9.97 Å². The van der Waals surface area contributed by atoms with E-state index < -0.39 is 5.82 Å². The first-order valence-electron chi connectivity index (χ1n) is 5.94. The van der Waals surface area contributed by atoms with E-state index >= 15 is 0 Å². The van der Waals surface area contributed by atoms with Crippen molar-refractivity contribution in [2.45, 2.75) is 6.92 Å². The van der Waals surface area contributed by atoms with Gasteiger partial charge in [-0.3, -0.25) is 0 Å². The molecule has 0 saturated carbocycles. The second-order valence-corrected chi connectivity index (χ2v) is 4.79. The molecule has 0 N–H and O–H groups in total. The summed E-state index contributed by atoms with van der Waals surface area (Å²) in [6.07, 6.45) is 0. The molecule has 0 aliphatic heterocycles. The molecular formula is C15H9ClF2N2. The summed E-state index contributed by atoms with van der Waals surface area (Å²) in [7, 11) is 0. The lowest BCUT2D eigenvalue weighted by molar-refractivity contribution is 0.620. The summed E-state index contributed by atoms with van der Waals surface area (Å²) in [6.45, 7) is 1.66. The molecule has 100 valence electrons. The minimum atomic E-state index is -0.419. The van der Waals surface area contributed by atoms with Crippen LogP contribution >= 0.6 is 11.6 Å². The lowest BCUT2D eigenvalue weighted by Gasteiger charge is -2.07. The minimum Gasteiger partial charge on any atom is -0.228 e. The Bertz CT molecular complexity index is 818. The maximum Gasteiger partial charge on any atom is 0.164 e. The first kappa shape index (κ1) is 12.9. The lowest BCUT2D eigenvalue weighted by atomic mass is 10.1. The molecule has 0 unspecified atom stereocenters. The van der Waals surface area contributed by atoms with E-state index in [0.29, 0.717) is 16.5 Å². The Hall–Kier alpha value is -2.07. The Morgan fingerprint density at radius 1 is 1.05 bits per heavy atom. The summed E-state index contributed by atoms with van der Waals surface area (Å²) >= 11 is 6.04. The fourth-order valence-electron chi connectivity index (χ4n) is 2.00. The molecule has 2 aromatic carbocycles. The molecular weight excluding hydrogens is 282 g/mol. The topological polar surface area (TPSA) is 25.8 Å². The summed E-state index contributed by atoms with van der Waals surface area (Å²) in [4.78, 5) is 8.31. The molecule has 2 nitrogen and oxygen atoms in total. The SMILES string of the molecule is Cc1cccc(-c2nc(Cl)c3cc(F)ccc3n2)c1F. The number of benzene rings is 2. The summed E-state index contributed by atoms with van der Waals surface area (Å²) in [5, 5.41) is 0.508. The molecule has 0 aliphatic rings. The number of rotatable bonds is 1. The Kier molecular flexibility index (Phi) is 3.10. The van der Waals surface area contributed by atoms with Crippen LogP contribution in [-0.2, 0) is 0 Å². The van der Waals surface area contributed by atoms with Gasteiger partial charge in [0.1, 0.15) is 16.8 Å². The third kappa shape index (κ3) is 2.12. The molecule has 0 amide bonds. The van der Waals surface area contributed by atoms with Crippen LogP contribution in [0.4, 0.5) is 8.78 Å². The standard InChI is InChI=1S/C15H9ClF2N2/c1-8-3-2-4-10(13(8)18)15-19-12-6-5-9(17)7-11(12)14(16)20-15/h2-7H,1H3.